The number of nitrogens with one attached hydrogen (secondary N) is 1. The fourth-order valence-electron chi connectivity index (χ4n) is 3.23. The summed E-state index contributed by atoms with van der Waals surface area (Å²) in [4.78, 5) is 12.5. The minimum absolute atomic E-state index is 0.129. The van der Waals surface area contributed by atoms with Gasteiger partial charge in [0, 0.05) is 30.7 Å². The van der Waals surface area contributed by atoms with Crippen LogP contribution in [0.15, 0.2) is 48.5 Å². The smallest absolute Gasteiger partial charge is 0.251 e. The summed E-state index contributed by atoms with van der Waals surface area (Å²) in [5, 5.41) is 3.03. The molecule has 1 saturated heterocycles. The van der Waals surface area contributed by atoms with Gasteiger partial charge in [0.2, 0.25) is 0 Å². The molecule has 0 aromatic heterocycles. The van der Waals surface area contributed by atoms with Gasteiger partial charge in [0.05, 0.1) is 7.11 Å². The van der Waals surface area contributed by atoms with E-state index < -0.39 is 0 Å². The predicted molar refractivity (Wildman–Crippen MR) is 93.5 cm³/mol. The zero-order chi connectivity index (χ0) is 17.7. The van der Waals surface area contributed by atoms with Crippen LogP contribution in [0.25, 0.3) is 0 Å². The summed E-state index contributed by atoms with van der Waals surface area (Å²) in [7, 11) is 1.59. The van der Waals surface area contributed by atoms with E-state index in [1.54, 1.807) is 43.5 Å². The Hall–Kier alpha value is -2.40. The highest BCUT2D eigenvalue weighted by atomic mass is 19.1. The van der Waals surface area contributed by atoms with E-state index in [1.807, 2.05) is 0 Å². The zero-order valence-electron chi connectivity index (χ0n) is 14.3. The molecule has 2 aromatic rings. The average Bonchev–Trinajstić information content (AvgIpc) is 2.67. The van der Waals surface area contributed by atoms with Crippen LogP contribution in [0, 0.1) is 5.82 Å². The Balaban J connectivity index is 1.74. The largest absolute Gasteiger partial charge is 0.497 e. The van der Waals surface area contributed by atoms with Crippen LogP contribution in [0.5, 0.6) is 5.75 Å². The lowest BCUT2D eigenvalue weighted by Gasteiger charge is -2.38. The molecule has 1 fully saturated rings. The number of carbonyl (C=O) groups excluding carboxylic acids is 1. The minimum Gasteiger partial charge on any atom is -0.497 e. The summed E-state index contributed by atoms with van der Waals surface area (Å²) in [6, 6.07) is 13.6. The first-order chi connectivity index (χ1) is 12.1. The highest BCUT2D eigenvalue weighted by Gasteiger charge is 2.35. The van der Waals surface area contributed by atoms with E-state index >= 15 is 0 Å². The van der Waals surface area contributed by atoms with Crippen molar-refractivity contribution in [3.63, 3.8) is 0 Å². The molecule has 2 aromatic carbocycles. The second kappa shape index (κ2) is 7.66. The Morgan fingerprint density at radius 3 is 2.36 bits per heavy atom. The van der Waals surface area contributed by atoms with Gasteiger partial charge in [0.15, 0.2) is 0 Å². The van der Waals surface area contributed by atoms with Crippen LogP contribution in [-0.2, 0) is 10.2 Å². The maximum absolute atomic E-state index is 13.3. The average molecular weight is 343 g/mol. The molecule has 0 aliphatic carbocycles. The summed E-state index contributed by atoms with van der Waals surface area (Å²) in [6.07, 6.45) is 1.59. The number of amides is 1. The van der Waals surface area contributed by atoms with Crippen molar-refractivity contribution in [2.45, 2.75) is 18.3 Å². The van der Waals surface area contributed by atoms with Crippen molar-refractivity contribution < 1.29 is 18.7 Å². The van der Waals surface area contributed by atoms with E-state index in [2.05, 4.69) is 5.32 Å². The number of carbonyl (C=O) groups is 1. The molecule has 1 amide bonds. The van der Waals surface area contributed by atoms with Crippen molar-refractivity contribution in [3.8, 4) is 5.75 Å². The van der Waals surface area contributed by atoms with Gasteiger partial charge in [-0.1, -0.05) is 12.1 Å². The lowest BCUT2D eigenvalue weighted by atomic mass is 9.74. The van der Waals surface area contributed by atoms with Crippen LogP contribution < -0.4 is 10.1 Å². The topological polar surface area (TPSA) is 47.6 Å². The molecule has 3 rings (SSSR count). The standard InChI is InChI=1S/C20H22FNO3/c1-24-18-8-2-15(3-9-18)19(23)22-14-20(10-12-25-13-11-20)16-4-6-17(21)7-5-16/h2-9H,10-14H2,1H3,(H,22,23). The number of methoxy groups -OCH3 is 1. The number of hydrogen-bond donors (Lipinski definition) is 1. The molecule has 0 bridgehead atoms. The Morgan fingerprint density at radius 1 is 1.12 bits per heavy atom. The van der Waals surface area contributed by atoms with Crippen LogP contribution in [0.1, 0.15) is 28.8 Å². The predicted octanol–water partition coefficient (Wildman–Crippen LogP) is 3.31. The molecule has 25 heavy (non-hydrogen) atoms. The molecule has 1 N–H and O–H groups in total. The SMILES string of the molecule is COc1ccc(C(=O)NCC2(c3ccc(F)cc3)CCOCC2)cc1. The van der Waals surface area contributed by atoms with Gasteiger partial charge in [-0.25, -0.2) is 4.39 Å². The highest BCUT2D eigenvalue weighted by Crippen LogP contribution is 2.34. The van der Waals surface area contributed by atoms with E-state index in [9.17, 15) is 9.18 Å². The van der Waals surface area contributed by atoms with Crippen molar-refractivity contribution in [2.24, 2.45) is 0 Å². The first kappa shape index (κ1) is 17.4. The molecule has 0 atom stereocenters. The summed E-state index contributed by atoms with van der Waals surface area (Å²) in [5.41, 5.74) is 1.39. The second-order valence-corrected chi connectivity index (χ2v) is 6.31. The Kier molecular flexibility index (Phi) is 5.34. The van der Waals surface area contributed by atoms with Gasteiger partial charge < -0.3 is 14.8 Å². The fraction of sp³-hybridized carbons (Fsp3) is 0.350. The molecule has 132 valence electrons. The first-order valence-corrected chi connectivity index (χ1v) is 8.39. The fourth-order valence-corrected chi connectivity index (χ4v) is 3.23. The Labute approximate surface area is 147 Å². The first-order valence-electron chi connectivity index (χ1n) is 8.39. The van der Waals surface area contributed by atoms with E-state index in [4.69, 9.17) is 9.47 Å². The number of benzene rings is 2. The molecule has 1 aliphatic rings. The molecule has 5 heteroatoms. The van der Waals surface area contributed by atoms with Crippen molar-refractivity contribution in [2.75, 3.05) is 26.9 Å². The molecule has 0 unspecified atom stereocenters. The number of hydrogen-bond acceptors (Lipinski definition) is 3. The van der Waals surface area contributed by atoms with Crippen molar-refractivity contribution >= 4 is 5.91 Å². The van der Waals surface area contributed by atoms with Crippen LogP contribution in [0.3, 0.4) is 0 Å². The minimum atomic E-state index is -0.256. The van der Waals surface area contributed by atoms with Crippen molar-refractivity contribution in [1.82, 2.24) is 5.32 Å². The Bertz CT molecular complexity index is 707. The molecule has 0 saturated carbocycles. The molecule has 1 heterocycles. The second-order valence-electron chi connectivity index (χ2n) is 6.31. The lowest BCUT2D eigenvalue weighted by molar-refractivity contribution is 0.0487. The van der Waals surface area contributed by atoms with Gasteiger partial charge >= 0.3 is 0 Å². The van der Waals surface area contributed by atoms with E-state index in [-0.39, 0.29) is 17.1 Å². The van der Waals surface area contributed by atoms with Crippen molar-refractivity contribution in [1.29, 1.82) is 0 Å². The van der Waals surface area contributed by atoms with E-state index in [0.717, 1.165) is 18.4 Å². The van der Waals surface area contributed by atoms with Gasteiger partial charge in [-0.3, -0.25) is 4.79 Å². The van der Waals surface area contributed by atoms with Gasteiger partial charge in [-0.15, -0.1) is 0 Å². The van der Waals surface area contributed by atoms with E-state index in [0.29, 0.717) is 31.1 Å². The lowest BCUT2D eigenvalue weighted by Crippen LogP contribution is -2.44. The molecule has 0 radical (unpaired) electrons. The highest BCUT2D eigenvalue weighted by molar-refractivity contribution is 5.94. The molecule has 4 nitrogen and oxygen atoms in total. The van der Waals surface area contributed by atoms with Crippen LogP contribution in [-0.4, -0.2) is 32.8 Å². The maximum atomic E-state index is 13.3. The maximum Gasteiger partial charge on any atom is 0.251 e. The third-order valence-electron chi connectivity index (χ3n) is 4.85. The summed E-state index contributed by atoms with van der Waals surface area (Å²) >= 11 is 0. The van der Waals surface area contributed by atoms with Gasteiger partial charge in [-0.2, -0.15) is 0 Å². The van der Waals surface area contributed by atoms with Gasteiger partial charge in [0.25, 0.3) is 5.91 Å². The summed E-state index contributed by atoms with van der Waals surface area (Å²) in [5.74, 6) is 0.327. The zero-order valence-corrected chi connectivity index (χ0v) is 14.3. The molecule has 0 spiro atoms. The molecular weight excluding hydrogens is 321 g/mol. The third kappa shape index (κ3) is 3.99. The normalized spacial score (nSPS) is 16.2. The van der Waals surface area contributed by atoms with Crippen LogP contribution >= 0.6 is 0 Å². The van der Waals surface area contributed by atoms with Crippen molar-refractivity contribution in [3.05, 3.63) is 65.5 Å². The van der Waals surface area contributed by atoms with Crippen LogP contribution in [0.2, 0.25) is 0 Å². The third-order valence-corrected chi connectivity index (χ3v) is 4.85. The van der Waals surface area contributed by atoms with E-state index in [1.165, 1.54) is 12.1 Å². The number of ether oxygens (including phenoxy) is 2. The Morgan fingerprint density at radius 2 is 1.76 bits per heavy atom. The quantitative estimate of drug-likeness (QED) is 0.906. The van der Waals surface area contributed by atoms with Gasteiger partial charge in [0.1, 0.15) is 11.6 Å². The number of rotatable bonds is 5. The van der Waals surface area contributed by atoms with Gasteiger partial charge in [-0.05, 0) is 54.8 Å². The summed E-state index contributed by atoms with van der Waals surface area (Å²) < 4.78 is 23.9. The number of halogens is 1. The monoisotopic (exact) mass is 343 g/mol. The molecular formula is C20H22FNO3. The molecule has 1 aliphatic heterocycles. The summed E-state index contributed by atoms with van der Waals surface area (Å²) in [6.45, 7) is 1.76. The van der Waals surface area contributed by atoms with Crippen LogP contribution in [0.4, 0.5) is 4.39 Å².